The summed E-state index contributed by atoms with van der Waals surface area (Å²) in [4.78, 5) is 5.90. The summed E-state index contributed by atoms with van der Waals surface area (Å²) in [6, 6.07) is 11.9. The average Bonchev–Trinajstić information content (AvgIpc) is 2.80. The Morgan fingerprint density at radius 3 is 2.50 bits per heavy atom. The lowest BCUT2D eigenvalue weighted by Crippen LogP contribution is -2.24. The molecule has 20 heavy (non-hydrogen) atoms. The van der Waals surface area contributed by atoms with Crippen LogP contribution in [0, 0.1) is 0 Å². The smallest absolute Gasteiger partial charge is 0.261 e. The molecule has 0 atom stereocenters. The average molecular weight is 274 g/mol. The summed E-state index contributed by atoms with van der Waals surface area (Å²) in [5, 5.41) is 0. The van der Waals surface area contributed by atoms with Gasteiger partial charge in [0.15, 0.2) is 0 Å². The first-order valence-corrected chi connectivity index (χ1v) is 6.72. The molecule has 2 heterocycles. The van der Waals surface area contributed by atoms with Crippen LogP contribution < -0.4 is 0 Å². The van der Waals surface area contributed by atoms with Crippen molar-refractivity contribution in [1.29, 1.82) is 0 Å². The summed E-state index contributed by atoms with van der Waals surface area (Å²) >= 11 is 0. The predicted molar refractivity (Wildman–Crippen MR) is 74.5 cm³/mol. The van der Waals surface area contributed by atoms with Gasteiger partial charge in [0.25, 0.3) is 5.92 Å². The number of hydrogen-bond donors (Lipinski definition) is 0. The highest BCUT2D eigenvalue weighted by Crippen LogP contribution is 2.28. The van der Waals surface area contributed by atoms with Crippen LogP contribution in [0.15, 0.2) is 48.8 Å². The van der Waals surface area contributed by atoms with Gasteiger partial charge in [-0.15, -0.1) is 0 Å². The van der Waals surface area contributed by atoms with Crippen LogP contribution in [0.3, 0.4) is 0 Å². The SMILES string of the molecule is FC1(F)CCN(Cc2ccc(-c3cccnc3)cc2)C1. The molecule has 1 aromatic carbocycles. The Hall–Kier alpha value is -1.81. The largest absolute Gasteiger partial charge is 0.293 e. The van der Waals surface area contributed by atoms with Crippen LogP contribution in [0.2, 0.25) is 0 Å². The van der Waals surface area contributed by atoms with Crippen LogP contribution in [0.5, 0.6) is 0 Å². The maximum Gasteiger partial charge on any atom is 0.261 e. The van der Waals surface area contributed by atoms with Crippen LogP contribution in [0.25, 0.3) is 11.1 Å². The second-order valence-electron chi connectivity index (χ2n) is 5.26. The number of pyridine rings is 1. The van der Waals surface area contributed by atoms with Crippen molar-refractivity contribution in [3.05, 3.63) is 54.4 Å². The normalized spacial score (nSPS) is 18.3. The van der Waals surface area contributed by atoms with Crippen molar-refractivity contribution in [2.45, 2.75) is 18.9 Å². The van der Waals surface area contributed by atoms with E-state index in [0.717, 1.165) is 16.7 Å². The van der Waals surface area contributed by atoms with Gasteiger partial charge in [0.05, 0.1) is 6.54 Å². The van der Waals surface area contributed by atoms with Gasteiger partial charge in [-0.2, -0.15) is 0 Å². The van der Waals surface area contributed by atoms with Crippen LogP contribution in [0.1, 0.15) is 12.0 Å². The molecule has 2 aromatic rings. The molecular formula is C16H16F2N2. The first kappa shape index (κ1) is 13.2. The van der Waals surface area contributed by atoms with E-state index in [1.54, 1.807) is 11.1 Å². The van der Waals surface area contributed by atoms with E-state index < -0.39 is 5.92 Å². The molecule has 1 saturated heterocycles. The van der Waals surface area contributed by atoms with Crippen molar-refractivity contribution in [2.75, 3.05) is 13.1 Å². The molecule has 0 amide bonds. The van der Waals surface area contributed by atoms with Crippen molar-refractivity contribution in [1.82, 2.24) is 9.88 Å². The maximum atomic E-state index is 13.1. The quantitative estimate of drug-likeness (QED) is 0.850. The van der Waals surface area contributed by atoms with E-state index in [4.69, 9.17) is 0 Å². The minimum Gasteiger partial charge on any atom is -0.293 e. The fourth-order valence-corrected chi connectivity index (χ4v) is 2.54. The molecule has 4 heteroatoms. The van der Waals surface area contributed by atoms with E-state index in [2.05, 4.69) is 4.98 Å². The molecule has 0 N–H and O–H groups in total. The number of likely N-dealkylation sites (tertiary alicyclic amines) is 1. The molecule has 0 saturated carbocycles. The second kappa shape index (κ2) is 5.29. The van der Waals surface area contributed by atoms with Crippen molar-refractivity contribution in [3.8, 4) is 11.1 Å². The minimum atomic E-state index is -2.52. The third kappa shape index (κ3) is 3.02. The number of halogens is 2. The Kier molecular flexibility index (Phi) is 3.49. The van der Waals surface area contributed by atoms with Crippen LogP contribution >= 0.6 is 0 Å². The molecule has 104 valence electrons. The molecule has 0 radical (unpaired) electrons. The van der Waals surface area contributed by atoms with Crippen LogP contribution in [-0.2, 0) is 6.54 Å². The zero-order valence-electron chi connectivity index (χ0n) is 11.1. The van der Waals surface area contributed by atoms with Gasteiger partial charge in [0, 0.05) is 31.9 Å². The molecule has 2 nitrogen and oxygen atoms in total. The van der Waals surface area contributed by atoms with Gasteiger partial charge >= 0.3 is 0 Å². The number of benzene rings is 1. The van der Waals surface area contributed by atoms with Gasteiger partial charge in [-0.05, 0) is 22.8 Å². The molecule has 0 unspecified atom stereocenters. The predicted octanol–water partition coefficient (Wildman–Crippen LogP) is 3.59. The standard InChI is InChI=1S/C16H16F2N2/c17-16(18)7-9-20(12-16)11-13-3-5-14(6-4-13)15-2-1-8-19-10-15/h1-6,8,10H,7,9,11-12H2. The van der Waals surface area contributed by atoms with E-state index >= 15 is 0 Å². The molecule has 1 aliphatic rings. The third-order valence-corrected chi connectivity index (χ3v) is 3.60. The first-order valence-electron chi connectivity index (χ1n) is 6.72. The van der Waals surface area contributed by atoms with Crippen LogP contribution in [0.4, 0.5) is 8.78 Å². The Morgan fingerprint density at radius 2 is 1.90 bits per heavy atom. The van der Waals surface area contributed by atoms with Gasteiger partial charge in [-0.3, -0.25) is 9.88 Å². The fourth-order valence-electron chi connectivity index (χ4n) is 2.54. The summed E-state index contributed by atoms with van der Waals surface area (Å²) in [6.07, 6.45) is 3.53. The van der Waals surface area contributed by atoms with E-state index in [9.17, 15) is 8.78 Å². The molecule has 1 aliphatic heterocycles. The number of rotatable bonds is 3. The summed E-state index contributed by atoms with van der Waals surface area (Å²) in [5.41, 5.74) is 3.22. The van der Waals surface area contributed by atoms with E-state index in [1.165, 1.54) is 0 Å². The lowest BCUT2D eigenvalue weighted by molar-refractivity contribution is 0.0115. The van der Waals surface area contributed by atoms with Crippen molar-refractivity contribution in [3.63, 3.8) is 0 Å². The Bertz CT molecular complexity index is 567. The molecule has 0 aliphatic carbocycles. The summed E-state index contributed by atoms with van der Waals surface area (Å²) in [5.74, 6) is -2.52. The van der Waals surface area contributed by atoms with E-state index in [0.29, 0.717) is 13.1 Å². The maximum absolute atomic E-state index is 13.1. The molecule has 1 fully saturated rings. The third-order valence-electron chi connectivity index (χ3n) is 3.60. The van der Waals surface area contributed by atoms with E-state index in [-0.39, 0.29) is 13.0 Å². The van der Waals surface area contributed by atoms with Gasteiger partial charge in [0.2, 0.25) is 0 Å². The number of nitrogens with zero attached hydrogens (tertiary/aromatic N) is 2. The molecular weight excluding hydrogens is 258 g/mol. The number of aromatic nitrogens is 1. The first-order chi connectivity index (χ1) is 9.62. The van der Waals surface area contributed by atoms with Gasteiger partial charge in [0.1, 0.15) is 0 Å². The Labute approximate surface area is 117 Å². The fraction of sp³-hybridized carbons (Fsp3) is 0.312. The highest BCUT2D eigenvalue weighted by molar-refractivity contribution is 5.62. The lowest BCUT2D eigenvalue weighted by atomic mass is 10.1. The Balaban J connectivity index is 1.68. The number of alkyl halides is 2. The van der Waals surface area contributed by atoms with Crippen molar-refractivity contribution >= 4 is 0 Å². The zero-order valence-corrected chi connectivity index (χ0v) is 11.1. The second-order valence-corrected chi connectivity index (χ2v) is 5.26. The van der Waals surface area contributed by atoms with Gasteiger partial charge in [-0.1, -0.05) is 30.3 Å². The summed E-state index contributed by atoms with van der Waals surface area (Å²) in [6.45, 7) is 0.928. The number of hydrogen-bond acceptors (Lipinski definition) is 2. The lowest BCUT2D eigenvalue weighted by Gasteiger charge is -2.15. The summed E-state index contributed by atoms with van der Waals surface area (Å²) in [7, 11) is 0. The van der Waals surface area contributed by atoms with Gasteiger partial charge < -0.3 is 0 Å². The Morgan fingerprint density at radius 1 is 1.10 bits per heavy atom. The van der Waals surface area contributed by atoms with Crippen molar-refractivity contribution in [2.24, 2.45) is 0 Å². The van der Waals surface area contributed by atoms with E-state index in [1.807, 2.05) is 42.6 Å². The minimum absolute atomic E-state index is 0.0270. The van der Waals surface area contributed by atoms with Crippen LogP contribution in [-0.4, -0.2) is 28.9 Å². The van der Waals surface area contributed by atoms with Crippen molar-refractivity contribution < 1.29 is 8.78 Å². The highest BCUT2D eigenvalue weighted by atomic mass is 19.3. The van der Waals surface area contributed by atoms with Gasteiger partial charge in [-0.25, -0.2) is 8.78 Å². The zero-order chi connectivity index (χ0) is 14.0. The monoisotopic (exact) mass is 274 g/mol. The molecule has 0 bridgehead atoms. The summed E-state index contributed by atoms with van der Waals surface area (Å²) < 4.78 is 26.3. The molecule has 1 aromatic heterocycles. The topological polar surface area (TPSA) is 16.1 Å². The molecule has 0 spiro atoms. The highest BCUT2D eigenvalue weighted by Gasteiger charge is 2.37. The molecule has 3 rings (SSSR count).